The second kappa shape index (κ2) is 36.8. The van der Waals surface area contributed by atoms with Gasteiger partial charge in [-0.25, -0.2) is 4.79 Å². The highest BCUT2D eigenvalue weighted by Crippen LogP contribution is 2.52. The van der Waals surface area contributed by atoms with Crippen molar-refractivity contribution in [3.8, 4) is 11.8 Å². The number of thioether (sulfide) groups is 1. The summed E-state index contributed by atoms with van der Waals surface area (Å²) in [5.74, 6) is -1.47. The molecule has 4 aromatic carbocycles. The molecule has 1 aliphatic carbocycles. The first-order valence-electron chi connectivity index (χ1n) is 36.4. The van der Waals surface area contributed by atoms with Gasteiger partial charge in [0.05, 0.1) is 29.7 Å². The highest BCUT2D eigenvalue weighted by Gasteiger charge is 2.39. The molecule has 8 rings (SSSR count). The van der Waals surface area contributed by atoms with Gasteiger partial charge in [-0.3, -0.25) is 38.7 Å². The number of nitrogens with one attached hydrogen (secondary N) is 9. The zero-order valence-electron chi connectivity index (χ0n) is 61.2. The largest absolute Gasteiger partial charge is 0.494 e. The van der Waals surface area contributed by atoms with Gasteiger partial charge in [0.25, 0.3) is 5.91 Å². The van der Waals surface area contributed by atoms with E-state index in [4.69, 9.17) is 15.2 Å². The maximum Gasteiger partial charge on any atom is 0.312 e. The third-order valence-corrected chi connectivity index (χ3v) is 21.8. The first-order valence-corrected chi connectivity index (χ1v) is 37.2. The molecular formula is C77H110N12O12S. The number of urea groups is 1. The molecule has 0 bridgehead atoms. The zero-order valence-corrected chi connectivity index (χ0v) is 62.0. The number of anilines is 3. The van der Waals surface area contributed by atoms with Crippen molar-refractivity contribution < 1.29 is 58.4 Å². The molecule has 4 unspecified atom stereocenters. The Bertz CT molecular complexity index is 3840. The SMILES string of the molecule is CCC1CN(C(=O)c2cc3cc(NC(=O)CNC(O)OCc4ccc(NC(=O)C(CCCNC(N)=O)NC(=O)C(NCCNC(=O)CCC(C)(C)OCCC(C)(C)NC(=O)CCn5c(O)cc(SC(CC)(CC)C6CCCCCC6)c5O)C(C)C)cc4)ccc3[nH]2)c2cc(C)c3ccccc3c21. The van der Waals surface area contributed by atoms with E-state index in [0.717, 1.165) is 41.4 Å². The summed E-state index contributed by atoms with van der Waals surface area (Å²) in [5, 5.41) is 58.9. The van der Waals surface area contributed by atoms with E-state index in [1.165, 1.54) is 59.4 Å². The van der Waals surface area contributed by atoms with Crippen LogP contribution in [0.3, 0.4) is 0 Å². The Hall–Kier alpha value is -8.20. The molecule has 24 nitrogen and oxygen atoms in total. The average molecular weight is 1430 g/mol. The molecule has 1 aliphatic heterocycles. The minimum Gasteiger partial charge on any atom is -0.494 e. The van der Waals surface area contributed by atoms with Crippen LogP contribution in [-0.2, 0) is 46.6 Å². The molecular weight excluding hydrogens is 1320 g/mol. The molecule has 3 heterocycles. The van der Waals surface area contributed by atoms with E-state index in [9.17, 15) is 48.9 Å². The third kappa shape index (κ3) is 21.9. The van der Waals surface area contributed by atoms with Crippen LogP contribution in [0.25, 0.3) is 21.7 Å². The van der Waals surface area contributed by atoms with E-state index in [-0.39, 0.29) is 105 Å². The number of rotatable bonds is 38. The summed E-state index contributed by atoms with van der Waals surface area (Å²) >= 11 is 1.67. The van der Waals surface area contributed by atoms with Gasteiger partial charge in [-0.1, -0.05) is 96.7 Å². The number of aromatic hydroxyl groups is 2. The molecule has 0 saturated heterocycles. The van der Waals surface area contributed by atoms with Gasteiger partial charge in [-0.2, -0.15) is 0 Å². The standard InChI is InChI=1S/C77H110N12O12S/c1-11-51-46-89(61-41-49(6)56-23-18-19-24-57(56)67(51)61)71(96)60-43-52-42-55(30-31-58(52)85-60)83-65(92)45-82-74(99)100-47-50-26-28-54(29-27-50)84-69(94)59(25-20-36-81-73(78)98)86-70(95)68(48(4)5)80-38-37-79-63(90)32-34-76(9,10)101-40-35-75(7,8)87-64(91)33-39-88-66(93)44-62(72(88)97)102-77(12-2,13-3)53-21-16-14-15-17-22-53/h18-19,23-24,26-31,41-44,48,51,53,59,68,74,80,82,85,93,97,99H,11-17,20-22,25,32-40,45-47H2,1-10H3,(H,79,90)(H,83,92)(H,84,94)(H,86,95)(H,87,91)(H3,78,81,98). The normalized spacial score (nSPS) is 15.4. The van der Waals surface area contributed by atoms with Crippen molar-refractivity contribution in [3.63, 3.8) is 0 Å². The van der Waals surface area contributed by atoms with Crippen LogP contribution in [0.4, 0.5) is 21.9 Å². The van der Waals surface area contributed by atoms with E-state index >= 15 is 0 Å². The quantitative estimate of drug-likeness (QED) is 0.00741. The molecule has 4 atom stereocenters. The number of aryl methyl sites for hydroxylation is 1. The smallest absolute Gasteiger partial charge is 0.312 e. The second-order valence-electron chi connectivity index (χ2n) is 28.9. The number of carbonyl (C=O) groups excluding carboxylic acids is 7. The molecule has 0 radical (unpaired) electrons. The van der Waals surface area contributed by atoms with E-state index in [2.05, 4.69) is 93.4 Å². The number of ether oxygens (including phenoxy) is 2. The number of primary amides is 1. The topological polar surface area (TPSA) is 345 Å². The second-order valence-corrected chi connectivity index (χ2v) is 30.4. The van der Waals surface area contributed by atoms with E-state index in [0.29, 0.717) is 65.9 Å². The van der Waals surface area contributed by atoms with Gasteiger partial charge in [0, 0.05) is 102 Å². The number of carbonyl (C=O) groups is 7. The van der Waals surface area contributed by atoms with E-state index < -0.39 is 53.4 Å². The number of aliphatic hydroxyl groups excluding tert-OH is 1. The molecule has 556 valence electrons. The average Bonchev–Trinajstić information content (AvgIpc) is 1.58. The fourth-order valence-electron chi connectivity index (χ4n) is 14.0. The molecule has 14 N–H and O–H groups in total. The third-order valence-electron chi connectivity index (χ3n) is 20.0. The predicted octanol–water partition coefficient (Wildman–Crippen LogP) is 11.2. The highest BCUT2D eigenvalue weighted by atomic mass is 32.2. The van der Waals surface area contributed by atoms with Crippen molar-refractivity contribution in [1.82, 2.24) is 41.5 Å². The van der Waals surface area contributed by atoms with Gasteiger partial charge < -0.3 is 77.6 Å². The number of fused-ring (bicyclic) bond motifs is 4. The van der Waals surface area contributed by atoms with Crippen LogP contribution in [0.15, 0.2) is 89.8 Å². The van der Waals surface area contributed by atoms with Crippen molar-refractivity contribution in [2.45, 2.75) is 224 Å². The van der Waals surface area contributed by atoms with Gasteiger partial charge in [-0.15, -0.1) is 11.8 Å². The number of aromatic nitrogens is 2. The van der Waals surface area contributed by atoms with E-state index in [1.807, 2.05) is 58.6 Å². The number of amides is 8. The fourth-order valence-corrected chi connectivity index (χ4v) is 15.5. The summed E-state index contributed by atoms with van der Waals surface area (Å²) in [5.41, 5.74) is 9.98. The van der Waals surface area contributed by atoms with Crippen LogP contribution >= 0.6 is 11.8 Å². The summed E-state index contributed by atoms with van der Waals surface area (Å²) in [6.07, 6.45) is 10.2. The lowest BCUT2D eigenvalue weighted by Gasteiger charge is -2.39. The number of hydrogen-bond acceptors (Lipinski definition) is 15. The Labute approximate surface area is 604 Å². The van der Waals surface area contributed by atoms with Crippen LogP contribution in [-0.4, -0.2) is 140 Å². The number of benzene rings is 4. The Kier molecular flexibility index (Phi) is 28.7. The molecule has 2 aromatic heterocycles. The minimum atomic E-state index is -1.51. The van der Waals surface area contributed by atoms with Crippen molar-refractivity contribution in [2.24, 2.45) is 17.6 Å². The summed E-state index contributed by atoms with van der Waals surface area (Å²) < 4.78 is 13.2. The Balaban J connectivity index is 0.721. The molecule has 1 saturated carbocycles. The minimum absolute atomic E-state index is 0.00930. The predicted molar refractivity (Wildman–Crippen MR) is 401 cm³/mol. The van der Waals surface area contributed by atoms with Crippen LogP contribution in [0.1, 0.15) is 192 Å². The van der Waals surface area contributed by atoms with Crippen molar-refractivity contribution in [2.75, 3.05) is 54.9 Å². The van der Waals surface area contributed by atoms with Crippen molar-refractivity contribution in [3.05, 3.63) is 107 Å². The first kappa shape index (κ1) is 79.5. The molecule has 2 aliphatic rings. The summed E-state index contributed by atoms with van der Waals surface area (Å²) in [7, 11) is 0. The van der Waals surface area contributed by atoms with Crippen LogP contribution in [0.2, 0.25) is 0 Å². The highest BCUT2D eigenvalue weighted by molar-refractivity contribution is 8.00. The number of nitrogens with two attached hydrogens (primary N) is 1. The molecule has 102 heavy (non-hydrogen) atoms. The molecule has 6 aromatic rings. The van der Waals surface area contributed by atoms with Crippen molar-refractivity contribution >= 4 is 92.0 Å². The number of aromatic amines is 1. The van der Waals surface area contributed by atoms with Gasteiger partial charge in [-0.05, 0) is 174 Å². The summed E-state index contributed by atoms with van der Waals surface area (Å²) in [6, 6.07) is 23.4. The van der Waals surface area contributed by atoms with Gasteiger partial charge in [0.15, 0.2) is 5.88 Å². The Morgan fingerprint density at radius 2 is 1.47 bits per heavy atom. The Morgan fingerprint density at radius 1 is 0.765 bits per heavy atom. The van der Waals surface area contributed by atoms with Gasteiger partial charge in [0.1, 0.15) is 11.7 Å². The number of H-pyrrole nitrogens is 1. The maximum atomic E-state index is 14.1. The molecule has 1 fully saturated rings. The monoisotopic (exact) mass is 1430 g/mol. The lowest BCUT2D eigenvalue weighted by molar-refractivity contribution is -0.135. The molecule has 25 heteroatoms. The maximum absolute atomic E-state index is 14.1. The Morgan fingerprint density at radius 3 is 2.16 bits per heavy atom. The number of hydrogen-bond donors (Lipinski definition) is 13. The lowest BCUT2D eigenvalue weighted by atomic mass is 9.81. The van der Waals surface area contributed by atoms with Crippen molar-refractivity contribution in [1.29, 1.82) is 0 Å². The van der Waals surface area contributed by atoms with Crippen LogP contribution in [0.5, 0.6) is 11.8 Å². The van der Waals surface area contributed by atoms with Gasteiger partial charge >= 0.3 is 6.03 Å². The number of nitrogens with zero attached hydrogens (tertiary/aromatic N) is 2. The zero-order chi connectivity index (χ0) is 73.9. The van der Waals surface area contributed by atoms with Gasteiger partial charge in [0.2, 0.25) is 41.8 Å². The summed E-state index contributed by atoms with van der Waals surface area (Å²) in [6.45, 7) is 21.3. The lowest BCUT2D eigenvalue weighted by Crippen LogP contribution is -2.54. The number of aliphatic hydroxyl groups is 1. The molecule has 8 amide bonds. The molecule has 0 spiro atoms. The van der Waals surface area contributed by atoms with E-state index in [1.54, 1.807) is 66.4 Å². The first-order chi connectivity index (χ1) is 48.6. The summed E-state index contributed by atoms with van der Waals surface area (Å²) in [4.78, 5) is 98.4. The fraction of sp³-hybridized carbons (Fsp3) is 0.545. The van der Waals surface area contributed by atoms with Crippen LogP contribution in [0, 0.1) is 18.8 Å². The van der Waals surface area contributed by atoms with Crippen LogP contribution < -0.4 is 53.2 Å².